The molecule has 0 aliphatic carbocycles. The van der Waals surface area contributed by atoms with Gasteiger partial charge >= 0.3 is 0 Å². The van der Waals surface area contributed by atoms with Crippen molar-refractivity contribution in [1.82, 2.24) is 9.80 Å². The van der Waals surface area contributed by atoms with E-state index in [4.69, 9.17) is 9.47 Å². The summed E-state index contributed by atoms with van der Waals surface area (Å²) in [6.07, 6.45) is 3.95. The molecule has 132 valence electrons. The van der Waals surface area contributed by atoms with Crippen molar-refractivity contribution in [2.24, 2.45) is 5.92 Å². The van der Waals surface area contributed by atoms with E-state index in [0.29, 0.717) is 0 Å². The topological polar surface area (TPSA) is 37.0 Å². The van der Waals surface area contributed by atoms with Gasteiger partial charge < -0.3 is 14.8 Å². The van der Waals surface area contributed by atoms with Crippen LogP contribution in [0.5, 0.6) is 0 Å². The summed E-state index contributed by atoms with van der Waals surface area (Å²) in [6.45, 7) is 8.09. The smallest absolute Gasteiger partial charge is 0.170 e. The number of piperidine rings is 1. The highest BCUT2D eigenvalue weighted by Crippen LogP contribution is 2.25. The summed E-state index contributed by atoms with van der Waals surface area (Å²) in [4.78, 5) is 5.04. The number of fused-ring (bicyclic) bond motifs is 1. The highest BCUT2D eigenvalue weighted by molar-refractivity contribution is 5.52. The van der Waals surface area contributed by atoms with Gasteiger partial charge in [-0.1, -0.05) is 18.2 Å². The molecule has 0 saturated carbocycles. The first kappa shape index (κ1) is 16.3. The third-order valence-electron chi connectivity index (χ3n) is 5.56. The maximum atomic E-state index is 5.56. The van der Waals surface area contributed by atoms with Crippen molar-refractivity contribution in [1.29, 1.82) is 0 Å². The van der Waals surface area contributed by atoms with E-state index in [1.165, 1.54) is 50.1 Å². The molecule has 0 bridgehead atoms. The number of likely N-dealkylation sites (tertiary alicyclic amines) is 1. The van der Waals surface area contributed by atoms with Crippen LogP contribution in [0.25, 0.3) is 0 Å². The van der Waals surface area contributed by atoms with Gasteiger partial charge in [0.2, 0.25) is 0 Å². The highest BCUT2D eigenvalue weighted by atomic mass is 16.7. The average Bonchev–Trinajstić information content (AvgIpc) is 3.14. The molecule has 1 N–H and O–H groups in total. The number of rotatable bonds is 5. The SMILES string of the molecule is c1ccc2c(c1)CN(CCC1CCN(CC3OCCO3)CC1)CN2. The van der Waals surface area contributed by atoms with Gasteiger partial charge in [0.15, 0.2) is 6.29 Å². The van der Waals surface area contributed by atoms with Crippen LogP contribution in [0.1, 0.15) is 24.8 Å². The van der Waals surface area contributed by atoms with Crippen molar-refractivity contribution in [3.05, 3.63) is 29.8 Å². The van der Waals surface area contributed by atoms with E-state index in [1.54, 1.807) is 0 Å². The molecule has 0 radical (unpaired) electrons. The van der Waals surface area contributed by atoms with Gasteiger partial charge in [-0.2, -0.15) is 0 Å². The second-order valence-corrected chi connectivity index (χ2v) is 7.25. The first-order valence-corrected chi connectivity index (χ1v) is 9.36. The van der Waals surface area contributed by atoms with Crippen molar-refractivity contribution in [3.8, 4) is 0 Å². The molecule has 5 heteroatoms. The molecule has 24 heavy (non-hydrogen) atoms. The fraction of sp³-hybridized carbons (Fsp3) is 0.684. The van der Waals surface area contributed by atoms with Crippen LogP contribution >= 0.6 is 0 Å². The molecule has 1 aromatic rings. The van der Waals surface area contributed by atoms with E-state index in [9.17, 15) is 0 Å². The van der Waals surface area contributed by atoms with Crippen LogP contribution in [0, 0.1) is 5.92 Å². The molecule has 3 aliphatic heterocycles. The monoisotopic (exact) mass is 331 g/mol. The molecule has 3 heterocycles. The number of nitrogens with zero attached hydrogens (tertiary/aromatic N) is 2. The van der Waals surface area contributed by atoms with E-state index in [-0.39, 0.29) is 6.29 Å². The number of nitrogens with one attached hydrogen (secondary N) is 1. The molecule has 2 saturated heterocycles. The summed E-state index contributed by atoms with van der Waals surface area (Å²) >= 11 is 0. The maximum Gasteiger partial charge on any atom is 0.170 e. The van der Waals surface area contributed by atoms with E-state index in [0.717, 1.165) is 38.9 Å². The molecule has 2 fully saturated rings. The van der Waals surface area contributed by atoms with Gasteiger partial charge in [0.1, 0.15) is 0 Å². The van der Waals surface area contributed by atoms with Crippen LogP contribution < -0.4 is 5.32 Å². The summed E-state index contributed by atoms with van der Waals surface area (Å²) < 4.78 is 11.1. The van der Waals surface area contributed by atoms with Crippen LogP contribution in [0.15, 0.2) is 24.3 Å². The fourth-order valence-corrected chi connectivity index (χ4v) is 4.03. The minimum absolute atomic E-state index is 0.0149. The van der Waals surface area contributed by atoms with Crippen molar-refractivity contribution in [3.63, 3.8) is 0 Å². The second kappa shape index (κ2) is 7.83. The highest BCUT2D eigenvalue weighted by Gasteiger charge is 2.25. The van der Waals surface area contributed by atoms with Crippen LogP contribution in [-0.2, 0) is 16.0 Å². The molecule has 0 unspecified atom stereocenters. The number of ether oxygens (including phenoxy) is 2. The first-order chi connectivity index (χ1) is 11.9. The van der Waals surface area contributed by atoms with E-state index < -0.39 is 0 Å². The number of hydrogen-bond acceptors (Lipinski definition) is 5. The zero-order valence-electron chi connectivity index (χ0n) is 14.5. The Hall–Kier alpha value is -1.14. The van der Waals surface area contributed by atoms with E-state index >= 15 is 0 Å². The summed E-state index contributed by atoms with van der Waals surface area (Å²) in [5.74, 6) is 0.865. The van der Waals surface area contributed by atoms with Gasteiger partial charge in [-0.3, -0.25) is 9.80 Å². The zero-order chi connectivity index (χ0) is 16.2. The van der Waals surface area contributed by atoms with Crippen molar-refractivity contribution >= 4 is 5.69 Å². The molecule has 0 spiro atoms. The molecule has 0 atom stereocenters. The predicted octanol–water partition coefficient (Wildman–Crippen LogP) is 2.35. The Morgan fingerprint density at radius 2 is 1.83 bits per heavy atom. The van der Waals surface area contributed by atoms with Crippen molar-refractivity contribution in [2.45, 2.75) is 32.1 Å². The minimum atomic E-state index is 0.0149. The average molecular weight is 331 g/mol. The number of anilines is 1. The molecular formula is C19H29N3O2. The zero-order valence-corrected chi connectivity index (χ0v) is 14.5. The van der Waals surface area contributed by atoms with Crippen LogP contribution in [0.3, 0.4) is 0 Å². The lowest BCUT2D eigenvalue weighted by atomic mass is 9.93. The van der Waals surface area contributed by atoms with Gasteiger partial charge in [0, 0.05) is 25.3 Å². The lowest BCUT2D eigenvalue weighted by molar-refractivity contribution is -0.0662. The second-order valence-electron chi connectivity index (χ2n) is 7.25. The summed E-state index contributed by atoms with van der Waals surface area (Å²) in [6, 6.07) is 8.66. The summed E-state index contributed by atoms with van der Waals surface area (Å²) in [5, 5.41) is 3.54. The Morgan fingerprint density at radius 3 is 2.67 bits per heavy atom. The third kappa shape index (κ3) is 4.09. The third-order valence-corrected chi connectivity index (χ3v) is 5.56. The van der Waals surface area contributed by atoms with Gasteiger partial charge in [-0.05, 0) is 49.9 Å². The molecule has 0 amide bonds. The number of hydrogen-bond donors (Lipinski definition) is 1. The van der Waals surface area contributed by atoms with Gasteiger partial charge in [-0.15, -0.1) is 0 Å². The molecule has 5 nitrogen and oxygen atoms in total. The summed E-state index contributed by atoms with van der Waals surface area (Å²) in [5.41, 5.74) is 2.73. The van der Waals surface area contributed by atoms with Gasteiger partial charge in [-0.25, -0.2) is 0 Å². The lowest BCUT2D eigenvalue weighted by Crippen LogP contribution is -2.40. The van der Waals surface area contributed by atoms with Gasteiger partial charge in [0.05, 0.1) is 19.9 Å². The van der Waals surface area contributed by atoms with E-state index in [1.807, 2.05) is 0 Å². The Labute approximate surface area is 144 Å². The number of para-hydroxylation sites is 1. The quantitative estimate of drug-likeness (QED) is 0.896. The van der Waals surface area contributed by atoms with Crippen molar-refractivity contribution < 1.29 is 9.47 Å². The Kier molecular flexibility index (Phi) is 5.33. The Bertz CT molecular complexity index is 525. The largest absolute Gasteiger partial charge is 0.372 e. The lowest BCUT2D eigenvalue weighted by Gasteiger charge is -2.35. The fourth-order valence-electron chi connectivity index (χ4n) is 4.03. The van der Waals surface area contributed by atoms with Crippen molar-refractivity contribution in [2.75, 3.05) is 51.4 Å². The first-order valence-electron chi connectivity index (χ1n) is 9.36. The van der Waals surface area contributed by atoms with Gasteiger partial charge in [0.25, 0.3) is 0 Å². The number of benzene rings is 1. The van der Waals surface area contributed by atoms with Crippen LogP contribution in [0.2, 0.25) is 0 Å². The normalized spacial score (nSPS) is 24.0. The molecule has 1 aromatic carbocycles. The Balaban J connectivity index is 1.17. The predicted molar refractivity (Wildman–Crippen MR) is 94.8 cm³/mol. The standard InChI is InChI=1S/C19H29N3O2/c1-2-4-18-17(3-1)13-22(15-20-18)10-7-16-5-8-21(9-6-16)14-19-23-11-12-24-19/h1-4,16,19-20H,5-15H2. The summed E-state index contributed by atoms with van der Waals surface area (Å²) in [7, 11) is 0. The van der Waals surface area contributed by atoms with E-state index in [2.05, 4.69) is 39.4 Å². The molecule has 3 aliphatic rings. The van der Waals surface area contributed by atoms with Crippen LogP contribution in [-0.4, -0.2) is 62.2 Å². The minimum Gasteiger partial charge on any atom is -0.372 e. The maximum absolute atomic E-state index is 5.56. The Morgan fingerprint density at radius 1 is 1.04 bits per heavy atom. The van der Waals surface area contributed by atoms with Crippen LogP contribution in [0.4, 0.5) is 5.69 Å². The molecule has 0 aromatic heterocycles. The molecule has 4 rings (SSSR count). The molecular weight excluding hydrogens is 302 g/mol.